The van der Waals surface area contributed by atoms with E-state index in [1.54, 1.807) is 11.3 Å². The van der Waals surface area contributed by atoms with Crippen LogP contribution in [-0.4, -0.2) is 13.2 Å². The molecule has 0 bridgehead atoms. The summed E-state index contributed by atoms with van der Waals surface area (Å²) in [5, 5.41) is 2.08. The van der Waals surface area contributed by atoms with Crippen LogP contribution in [-0.2, 0) is 0 Å². The van der Waals surface area contributed by atoms with Crippen molar-refractivity contribution < 1.29 is 4.74 Å². The second-order valence-electron chi connectivity index (χ2n) is 3.77. The fourth-order valence-corrected chi connectivity index (χ4v) is 2.80. The van der Waals surface area contributed by atoms with Crippen molar-refractivity contribution in [2.45, 2.75) is 12.8 Å². The highest BCUT2D eigenvalue weighted by Crippen LogP contribution is 2.33. The molecule has 0 fully saturated rings. The van der Waals surface area contributed by atoms with E-state index in [4.69, 9.17) is 10.5 Å². The van der Waals surface area contributed by atoms with Gasteiger partial charge in [0.05, 0.1) is 6.61 Å². The summed E-state index contributed by atoms with van der Waals surface area (Å²) < 4.78 is 5.67. The summed E-state index contributed by atoms with van der Waals surface area (Å²) in [4.78, 5) is 1.29. The fourth-order valence-electron chi connectivity index (χ4n) is 1.94. The molecule has 1 heterocycles. The van der Waals surface area contributed by atoms with Gasteiger partial charge in [0, 0.05) is 22.9 Å². The smallest absolute Gasteiger partial charge is 0.123 e. The molecule has 2 nitrogen and oxygen atoms in total. The first-order chi connectivity index (χ1) is 8.36. The zero-order chi connectivity index (χ0) is 12.1. The molecule has 0 aliphatic carbocycles. The number of hydrogen-bond acceptors (Lipinski definition) is 3. The molecular formula is C14H17NOS. The van der Waals surface area contributed by atoms with Crippen molar-refractivity contribution in [1.82, 2.24) is 0 Å². The molecule has 2 N–H and O–H groups in total. The Balaban J connectivity index is 2.37. The fraction of sp³-hybridized carbons (Fsp3) is 0.286. The quantitative estimate of drug-likeness (QED) is 0.880. The largest absolute Gasteiger partial charge is 0.494 e. The Bertz CT molecular complexity index is 453. The molecule has 0 radical (unpaired) electrons. The van der Waals surface area contributed by atoms with E-state index in [0.29, 0.717) is 13.2 Å². The molecule has 0 aliphatic rings. The molecule has 0 aliphatic heterocycles. The Labute approximate surface area is 106 Å². The van der Waals surface area contributed by atoms with Gasteiger partial charge in [-0.25, -0.2) is 0 Å². The van der Waals surface area contributed by atoms with Crippen molar-refractivity contribution in [3.8, 4) is 5.75 Å². The summed E-state index contributed by atoms with van der Waals surface area (Å²) in [5.41, 5.74) is 7.09. The first kappa shape index (κ1) is 12.1. The molecule has 0 spiro atoms. The van der Waals surface area contributed by atoms with E-state index in [1.165, 1.54) is 10.4 Å². The third-order valence-corrected chi connectivity index (χ3v) is 3.70. The lowest BCUT2D eigenvalue weighted by atomic mass is 9.96. The summed E-state index contributed by atoms with van der Waals surface area (Å²) in [6, 6.07) is 12.3. The Hall–Kier alpha value is -1.32. The summed E-state index contributed by atoms with van der Waals surface area (Å²) in [6.45, 7) is 3.28. The van der Waals surface area contributed by atoms with Gasteiger partial charge in [-0.05, 0) is 24.4 Å². The van der Waals surface area contributed by atoms with Gasteiger partial charge in [-0.3, -0.25) is 0 Å². The molecule has 2 aromatic rings. The third kappa shape index (κ3) is 2.68. The minimum atomic E-state index is 0.234. The van der Waals surface area contributed by atoms with Crippen LogP contribution < -0.4 is 10.5 Å². The maximum absolute atomic E-state index is 5.91. The average molecular weight is 247 g/mol. The Kier molecular flexibility index (Phi) is 4.18. The molecule has 0 saturated heterocycles. The van der Waals surface area contributed by atoms with E-state index in [1.807, 2.05) is 25.1 Å². The van der Waals surface area contributed by atoms with E-state index >= 15 is 0 Å². The van der Waals surface area contributed by atoms with Crippen LogP contribution in [0.3, 0.4) is 0 Å². The maximum Gasteiger partial charge on any atom is 0.123 e. The van der Waals surface area contributed by atoms with Crippen molar-refractivity contribution in [1.29, 1.82) is 0 Å². The Morgan fingerprint density at radius 1 is 1.24 bits per heavy atom. The van der Waals surface area contributed by atoms with E-state index in [-0.39, 0.29) is 5.92 Å². The highest BCUT2D eigenvalue weighted by Gasteiger charge is 2.17. The van der Waals surface area contributed by atoms with Crippen molar-refractivity contribution in [2.75, 3.05) is 13.2 Å². The van der Waals surface area contributed by atoms with E-state index in [2.05, 4.69) is 23.6 Å². The van der Waals surface area contributed by atoms with Crippen molar-refractivity contribution >= 4 is 11.3 Å². The van der Waals surface area contributed by atoms with Crippen LogP contribution >= 0.6 is 11.3 Å². The van der Waals surface area contributed by atoms with Crippen LogP contribution in [0.2, 0.25) is 0 Å². The maximum atomic E-state index is 5.91. The van der Waals surface area contributed by atoms with Crippen LogP contribution in [0.5, 0.6) is 5.75 Å². The predicted molar refractivity (Wildman–Crippen MR) is 72.8 cm³/mol. The second-order valence-corrected chi connectivity index (χ2v) is 4.75. The van der Waals surface area contributed by atoms with Gasteiger partial charge in [0.15, 0.2) is 0 Å². The lowest BCUT2D eigenvalue weighted by Gasteiger charge is -2.17. The lowest BCUT2D eigenvalue weighted by Crippen LogP contribution is -2.14. The summed E-state index contributed by atoms with van der Waals surface area (Å²) >= 11 is 1.74. The van der Waals surface area contributed by atoms with E-state index in [9.17, 15) is 0 Å². The number of thiophene rings is 1. The molecule has 2 rings (SSSR count). The van der Waals surface area contributed by atoms with Crippen molar-refractivity contribution in [2.24, 2.45) is 5.73 Å². The number of nitrogens with two attached hydrogens (primary N) is 1. The number of para-hydroxylation sites is 1. The third-order valence-electron chi connectivity index (χ3n) is 2.72. The zero-order valence-corrected chi connectivity index (χ0v) is 10.7. The van der Waals surface area contributed by atoms with Crippen molar-refractivity contribution in [3.63, 3.8) is 0 Å². The summed E-state index contributed by atoms with van der Waals surface area (Å²) in [6.07, 6.45) is 0. The molecule has 90 valence electrons. The minimum absolute atomic E-state index is 0.234. The highest BCUT2D eigenvalue weighted by atomic mass is 32.1. The number of hydrogen-bond donors (Lipinski definition) is 1. The van der Waals surface area contributed by atoms with Gasteiger partial charge in [-0.1, -0.05) is 24.3 Å². The van der Waals surface area contributed by atoms with Gasteiger partial charge in [0.2, 0.25) is 0 Å². The van der Waals surface area contributed by atoms with E-state index in [0.717, 1.165) is 5.75 Å². The summed E-state index contributed by atoms with van der Waals surface area (Å²) in [5.74, 6) is 1.18. The molecule has 1 unspecified atom stereocenters. The minimum Gasteiger partial charge on any atom is -0.494 e. The number of ether oxygens (including phenoxy) is 1. The molecular weight excluding hydrogens is 230 g/mol. The number of rotatable bonds is 5. The first-order valence-corrected chi connectivity index (χ1v) is 6.70. The molecule has 0 saturated carbocycles. The van der Waals surface area contributed by atoms with Crippen LogP contribution in [0, 0.1) is 0 Å². The normalized spacial score (nSPS) is 12.4. The molecule has 17 heavy (non-hydrogen) atoms. The Morgan fingerprint density at radius 3 is 2.71 bits per heavy atom. The van der Waals surface area contributed by atoms with Crippen LogP contribution in [0.4, 0.5) is 0 Å². The van der Waals surface area contributed by atoms with Gasteiger partial charge < -0.3 is 10.5 Å². The lowest BCUT2D eigenvalue weighted by molar-refractivity contribution is 0.335. The standard InChI is InChI=1S/C14H17NOS/c1-2-16-13-7-4-3-6-11(13)12(10-15)14-8-5-9-17-14/h3-9,12H,2,10,15H2,1H3. The van der Waals surface area contributed by atoms with Crippen LogP contribution in [0.25, 0.3) is 0 Å². The molecule has 1 atom stereocenters. The average Bonchev–Trinajstić information content (AvgIpc) is 2.86. The zero-order valence-electron chi connectivity index (χ0n) is 9.93. The van der Waals surface area contributed by atoms with Gasteiger partial charge in [-0.2, -0.15) is 0 Å². The Morgan fingerprint density at radius 2 is 2.06 bits per heavy atom. The highest BCUT2D eigenvalue weighted by molar-refractivity contribution is 7.10. The van der Waals surface area contributed by atoms with Gasteiger partial charge in [0.25, 0.3) is 0 Å². The van der Waals surface area contributed by atoms with Gasteiger partial charge >= 0.3 is 0 Å². The van der Waals surface area contributed by atoms with Gasteiger partial charge in [-0.15, -0.1) is 11.3 Å². The summed E-state index contributed by atoms with van der Waals surface area (Å²) in [7, 11) is 0. The molecule has 0 amide bonds. The van der Waals surface area contributed by atoms with Crippen molar-refractivity contribution in [3.05, 3.63) is 52.2 Å². The van der Waals surface area contributed by atoms with Gasteiger partial charge in [0.1, 0.15) is 5.75 Å². The monoisotopic (exact) mass is 247 g/mol. The SMILES string of the molecule is CCOc1ccccc1C(CN)c1cccs1. The van der Waals surface area contributed by atoms with E-state index < -0.39 is 0 Å². The topological polar surface area (TPSA) is 35.2 Å². The second kappa shape index (κ2) is 5.84. The molecule has 1 aromatic carbocycles. The molecule has 1 aromatic heterocycles. The van der Waals surface area contributed by atoms with Crippen LogP contribution in [0.1, 0.15) is 23.3 Å². The molecule has 3 heteroatoms. The van der Waals surface area contributed by atoms with Crippen LogP contribution in [0.15, 0.2) is 41.8 Å². The number of benzene rings is 1. The predicted octanol–water partition coefficient (Wildman–Crippen LogP) is 3.24. The first-order valence-electron chi connectivity index (χ1n) is 5.82.